The molecule has 1 N–H and O–H groups in total. The van der Waals surface area contributed by atoms with Crippen molar-refractivity contribution in [2.75, 3.05) is 20.1 Å². The fraction of sp³-hybridized carbons (Fsp3) is 0.533. The first-order valence-electron chi connectivity index (χ1n) is 6.83. The van der Waals surface area contributed by atoms with Gasteiger partial charge in [0, 0.05) is 18.7 Å². The van der Waals surface area contributed by atoms with Crippen LogP contribution in [-0.2, 0) is 0 Å². The van der Waals surface area contributed by atoms with Crippen molar-refractivity contribution in [1.29, 1.82) is 0 Å². The Morgan fingerprint density at radius 1 is 1.32 bits per heavy atom. The van der Waals surface area contributed by atoms with Gasteiger partial charge in [-0.1, -0.05) is 0 Å². The largest absolute Gasteiger partial charge is 0.339 e. The van der Waals surface area contributed by atoms with Crippen molar-refractivity contribution < 1.29 is 9.18 Å². The van der Waals surface area contributed by atoms with E-state index in [0.717, 1.165) is 37.9 Å². The van der Waals surface area contributed by atoms with Crippen LogP contribution in [-0.4, -0.2) is 37.0 Å². The van der Waals surface area contributed by atoms with E-state index < -0.39 is 0 Å². The van der Waals surface area contributed by atoms with Crippen molar-refractivity contribution in [3.8, 4) is 0 Å². The van der Waals surface area contributed by atoms with Gasteiger partial charge in [-0.3, -0.25) is 4.79 Å². The molecule has 1 saturated heterocycles. The molecule has 1 heterocycles. The molecule has 3 nitrogen and oxygen atoms in total. The Morgan fingerprint density at radius 2 is 2.11 bits per heavy atom. The summed E-state index contributed by atoms with van der Waals surface area (Å²) in [5.41, 5.74) is 1.22. The van der Waals surface area contributed by atoms with Gasteiger partial charge in [0.2, 0.25) is 0 Å². The molecular formula is C15H21FN2O. The standard InChI is InChI=1S/C15H21FN2O/c1-11-8-12(10-13(16)9-11)15(19)18(2)14-4-3-6-17-7-5-14/h8-10,14,17H,3-7H2,1-2H3. The van der Waals surface area contributed by atoms with Gasteiger partial charge in [-0.05, 0) is 63.0 Å². The number of amides is 1. The molecule has 0 aromatic heterocycles. The number of hydrogen-bond donors (Lipinski definition) is 1. The van der Waals surface area contributed by atoms with E-state index in [2.05, 4.69) is 5.32 Å². The number of halogens is 1. The Labute approximate surface area is 113 Å². The second-order valence-corrected chi connectivity index (χ2v) is 5.27. The van der Waals surface area contributed by atoms with E-state index in [4.69, 9.17) is 0 Å². The molecule has 0 bridgehead atoms. The van der Waals surface area contributed by atoms with Crippen LogP contribution in [0.25, 0.3) is 0 Å². The zero-order chi connectivity index (χ0) is 13.8. The maximum Gasteiger partial charge on any atom is 0.253 e. The molecule has 0 saturated carbocycles. The molecule has 0 spiro atoms. The second-order valence-electron chi connectivity index (χ2n) is 5.27. The molecule has 1 unspecified atom stereocenters. The van der Waals surface area contributed by atoms with Crippen molar-refractivity contribution in [2.45, 2.75) is 32.2 Å². The Balaban J connectivity index is 2.13. The summed E-state index contributed by atoms with van der Waals surface area (Å²) in [5.74, 6) is -0.436. The molecule has 1 aliphatic rings. The number of hydrogen-bond acceptors (Lipinski definition) is 2. The topological polar surface area (TPSA) is 32.3 Å². The highest BCUT2D eigenvalue weighted by atomic mass is 19.1. The van der Waals surface area contributed by atoms with Crippen molar-refractivity contribution >= 4 is 5.91 Å². The average Bonchev–Trinajstić information content (AvgIpc) is 2.64. The highest BCUT2D eigenvalue weighted by Crippen LogP contribution is 2.16. The number of carbonyl (C=O) groups is 1. The number of carbonyl (C=O) groups excluding carboxylic acids is 1. The third-order valence-corrected chi connectivity index (χ3v) is 3.70. The average molecular weight is 264 g/mol. The summed E-state index contributed by atoms with van der Waals surface area (Å²) >= 11 is 0. The molecule has 0 radical (unpaired) electrons. The maximum absolute atomic E-state index is 13.4. The lowest BCUT2D eigenvalue weighted by Crippen LogP contribution is -2.37. The number of rotatable bonds is 2. The summed E-state index contributed by atoms with van der Waals surface area (Å²) in [4.78, 5) is 14.2. The van der Waals surface area contributed by atoms with Crippen LogP contribution >= 0.6 is 0 Å². The predicted molar refractivity (Wildman–Crippen MR) is 73.7 cm³/mol. The van der Waals surface area contributed by atoms with E-state index in [9.17, 15) is 9.18 Å². The van der Waals surface area contributed by atoms with Gasteiger partial charge in [-0.25, -0.2) is 4.39 Å². The molecular weight excluding hydrogens is 243 g/mol. The van der Waals surface area contributed by atoms with Crippen molar-refractivity contribution in [1.82, 2.24) is 10.2 Å². The molecule has 104 valence electrons. The minimum Gasteiger partial charge on any atom is -0.339 e. The third kappa shape index (κ3) is 3.53. The molecule has 1 amide bonds. The van der Waals surface area contributed by atoms with E-state index in [1.807, 2.05) is 7.05 Å². The lowest BCUT2D eigenvalue weighted by molar-refractivity contribution is 0.0720. The zero-order valence-corrected chi connectivity index (χ0v) is 11.6. The Hall–Kier alpha value is -1.42. The van der Waals surface area contributed by atoms with Crippen molar-refractivity contribution in [3.63, 3.8) is 0 Å². The summed E-state index contributed by atoms with van der Waals surface area (Å²) in [5, 5.41) is 3.33. The van der Waals surface area contributed by atoms with Crippen LogP contribution in [0.15, 0.2) is 18.2 Å². The van der Waals surface area contributed by atoms with Gasteiger partial charge < -0.3 is 10.2 Å². The van der Waals surface area contributed by atoms with Gasteiger partial charge in [0.05, 0.1) is 0 Å². The number of aryl methyl sites for hydroxylation is 1. The first-order chi connectivity index (χ1) is 9.08. The van der Waals surface area contributed by atoms with Crippen LogP contribution in [0.3, 0.4) is 0 Å². The lowest BCUT2D eigenvalue weighted by atomic mass is 10.1. The minimum absolute atomic E-state index is 0.0884. The normalized spacial score (nSPS) is 19.8. The van der Waals surface area contributed by atoms with Crippen LogP contribution in [0.1, 0.15) is 35.2 Å². The summed E-state index contributed by atoms with van der Waals surface area (Å²) in [6.45, 7) is 3.75. The van der Waals surface area contributed by atoms with Crippen LogP contribution in [0.5, 0.6) is 0 Å². The van der Waals surface area contributed by atoms with Crippen LogP contribution in [0.4, 0.5) is 4.39 Å². The van der Waals surface area contributed by atoms with E-state index in [0.29, 0.717) is 5.56 Å². The van der Waals surface area contributed by atoms with E-state index in [-0.39, 0.29) is 17.8 Å². The van der Waals surface area contributed by atoms with Gasteiger partial charge in [0.15, 0.2) is 0 Å². The summed E-state index contributed by atoms with van der Waals surface area (Å²) in [6, 6.07) is 4.75. The summed E-state index contributed by atoms with van der Waals surface area (Å²) < 4.78 is 13.4. The van der Waals surface area contributed by atoms with Crippen LogP contribution < -0.4 is 5.32 Å². The van der Waals surface area contributed by atoms with Crippen molar-refractivity contribution in [2.24, 2.45) is 0 Å². The fourth-order valence-electron chi connectivity index (χ4n) is 2.62. The molecule has 0 aliphatic carbocycles. The number of nitrogens with one attached hydrogen (secondary N) is 1. The molecule has 1 aromatic carbocycles. The zero-order valence-electron chi connectivity index (χ0n) is 11.6. The molecule has 1 aromatic rings. The number of nitrogens with zero attached hydrogens (tertiary/aromatic N) is 1. The van der Waals surface area contributed by atoms with Crippen LogP contribution in [0.2, 0.25) is 0 Å². The number of benzene rings is 1. The van der Waals surface area contributed by atoms with Gasteiger partial charge >= 0.3 is 0 Å². The van der Waals surface area contributed by atoms with Gasteiger partial charge in [0.25, 0.3) is 5.91 Å². The second kappa shape index (κ2) is 6.15. The van der Waals surface area contributed by atoms with Crippen LogP contribution in [0, 0.1) is 12.7 Å². The SMILES string of the molecule is Cc1cc(F)cc(C(=O)N(C)C2CCCNCC2)c1. The van der Waals surface area contributed by atoms with E-state index in [1.165, 1.54) is 12.1 Å². The Kier molecular flexibility index (Phi) is 4.53. The van der Waals surface area contributed by atoms with Gasteiger partial charge in [0.1, 0.15) is 5.82 Å². The first-order valence-corrected chi connectivity index (χ1v) is 6.83. The predicted octanol–water partition coefficient (Wildman–Crippen LogP) is 2.35. The summed E-state index contributed by atoms with van der Waals surface area (Å²) in [6.07, 6.45) is 3.03. The van der Waals surface area contributed by atoms with E-state index in [1.54, 1.807) is 17.9 Å². The summed E-state index contributed by atoms with van der Waals surface area (Å²) in [7, 11) is 1.82. The van der Waals surface area contributed by atoms with Gasteiger partial charge in [-0.2, -0.15) is 0 Å². The molecule has 1 fully saturated rings. The highest BCUT2D eigenvalue weighted by Gasteiger charge is 2.22. The minimum atomic E-state index is -0.348. The Morgan fingerprint density at radius 3 is 2.84 bits per heavy atom. The molecule has 1 atom stereocenters. The molecule has 1 aliphatic heterocycles. The maximum atomic E-state index is 13.4. The lowest BCUT2D eigenvalue weighted by Gasteiger charge is -2.27. The van der Waals surface area contributed by atoms with E-state index >= 15 is 0 Å². The first kappa shape index (κ1) is 14.0. The quantitative estimate of drug-likeness (QED) is 0.889. The molecule has 19 heavy (non-hydrogen) atoms. The smallest absolute Gasteiger partial charge is 0.253 e. The van der Waals surface area contributed by atoms with Gasteiger partial charge in [-0.15, -0.1) is 0 Å². The van der Waals surface area contributed by atoms with Crippen molar-refractivity contribution in [3.05, 3.63) is 35.1 Å². The molecule has 2 rings (SSSR count). The highest BCUT2D eigenvalue weighted by molar-refractivity contribution is 5.94. The fourth-order valence-corrected chi connectivity index (χ4v) is 2.62. The third-order valence-electron chi connectivity index (χ3n) is 3.70. The Bertz CT molecular complexity index is 433. The monoisotopic (exact) mass is 264 g/mol. The molecule has 4 heteroatoms.